The van der Waals surface area contributed by atoms with Crippen LogP contribution in [0.15, 0.2) is 55.1 Å². The van der Waals surface area contributed by atoms with Crippen molar-refractivity contribution < 1.29 is 19.5 Å². The molecule has 0 unspecified atom stereocenters. The van der Waals surface area contributed by atoms with Gasteiger partial charge in [0.25, 0.3) is 0 Å². The van der Waals surface area contributed by atoms with Crippen molar-refractivity contribution in [3.8, 4) is 0 Å². The van der Waals surface area contributed by atoms with E-state index >= 15 is 0 Å². The first kappa shape index (κ1) is 15.8. The summed E-state index contributed by atoms with van der Waals surface area (Å²) in [6.45, 7) is 11.1. The third kappa shape index (κ3) is 9.41. The van der Waals surface area contributed by atoms with E-state index in [0.29, 0.717) is 0 Å². The molecule has 0 N–H and O–H groups in total. The van der Waals surface area contributed by atoms with Crippen molar-refractivity contribution in [2.75, 3.05) is 0 Å². The number of allylic oxidation sites excluding steroid dienone is 2. The Labute approximate surface area is 100 Å². The molecule has 0 fully saturated rings. The third-order valence-corrected chi connectivity index (χ3v) is 1.60. The predicted octanol–water partition coefficient (Wildman–Crippen LogP) is 4.00. The average molecular weight is 275 g/mol. The van der Waals surface area contributed by atoms with E-state index in [1.165, 1.54) is 5.56 Å². The Morgan fingerprint density at radius 3 is 1.93 bits per heavy atom. The molecule has 0 radical (unpaired) electrons. The maximum absolute atomic E-state index is 3.56. The Morgan fingerprint density at radius 2 is 1.71 bits per heavy atom. The summed E-state index contributed by atoms with van der Waals surface area (Å²) >= 11 is 0. The van der Waals surface area contributed by atoms with E-state index in [1.807, 2.05) is 13.0 Å². The molecule has 0 bridgehead atoms. The standard InChI is InChI=1S/C8H10.C5H8.Ru/c1-2-8-6-4-3-5-7-8;1-4-5(2)3;/h3-7H,2H2,1H3;4H,1-2H2,3H3;. The summed E-state index contributed by atoms with van der Waals surface area (Å²) in [5.74, 6) is 0. The van der Waals surface area contributed by atoms with Gasteiger partial charge in [-0.2, -0.15) is 0 Å². The van der Waals surface area contributed by atoms with E-state index < -0.39 is 0 Å². The Hall–Kier alpha value is -0.677. The van der Waals surface area contributed by atoms with Gasteiger partial charge in [0, 0.05) is 19.5 Å². The summed E-state index contributed by atoms with van der Waals surface area (Å²) in [5.41, 5.74) is 2.43. The van der Waals surface area contributed by atoms with Crippen LogP contribution in [0.1, 0.15) is 19.4 Å². The van der Waals surface area contributed by atoms with Gasteiger partial charge in [0.15, 0.2) is 0 Å². The Balaban J connectivity index is 0. The summed E-state index contributed by atoms with van der Waals surface area (Å²) in [5, 5.41) is 0. The number of aryl methyl sites for hydroxylation is 1. The molecule has 1 heteroatoms. The van der Waals surface area contributed by atoms with Gasteiger partial charge in [-0.3, -0.25) is 0 Å². The van der Waals surface area contributed by atoms with Crippen LogP contribution in [0.25, 0.3) is 0 Å². The molecular weight excluding hydrogens is 257 g/mol. The summed E-state index contributed by atoms with van der Waals surface area (Å²) in [6, 6.07) is 10.5. The molecule has 1 rings (SSSR count). The summed E-state index contributed by atoms with van der Waals surface area (Å²) in [7, 11) is 0. The molecule has 0 atom stereocenters. The van der Waals surface area contributed by atoms with Crippen LogP contribution in [0, 0.1) is 0 Å². The molecule has 0 heterocycles. The topological polar surface area (TPSA) is 0 Å². The minimum atomic E-state index is 0. The van der Waals surface area contributed by atoms with Crippen LogP contribution in [0.3, 0.4) is 0 Å². The van der Waals surface area contributed by atoms with Crippen LogP contribution in [-0.2, 0) is 25.9 Å². The smallest absolute Gasteiger partial charge is 0 e. The van der Waals surface area contributed by atoms with E-state index in [4.69, 9.17) is 0 Å². The van der Waals surface area contributed by atoms with Crippen molar-refractivity contribution in [2.45, 2.75) is 20.3 Å². The van der Waals surface area contributed by atoms with E-state index in [1.54, 1.807) is 6.08 Å². The number of hydrogen-bond acceptors (Lipinski definition) is 0. The fraction of sp³-hybridized carbons (Fsp3) is 0.231. The molecular formula is C13H18Ru. The van der Waals surface area contributed by atoms with Crippen molar-refractivity contribution in [1.29, 1.82) is 0 Å². The monoisotopic (exact) mass is 276 g/mol. The predicted molar refractivity (Wildman–Crippen MR) is 60.8 cm³/mol. The molecule has 0 spiro atoms. The SMILES string of the molecule is C=CC(=C)C.CCc1ccccc1.[Ru]. The van der Waals surface area contributed by atoms with Crippen LogP contribution >= 0.6 is 0 Å². The van der Waals surface area contributed by atoms with Crippen molar-refractivity contribution in [2.24, 2.45) is 0 Å². The largest absolute Gasteiger partial charge is 0.0988 e. The van der Waals surface area contributed by atoms with Crippen molar-refractivity contribution in [1.82, 2.24) is 0 Å². The Kier molecular flexibility index (Phi) is 11.7. The average Bonchev–Trinajstić information content (AvgIpc) is 2.20. The van der Waals surface area contributed by atoms with Gasteiger partial charge >= 0.3 is 0 Å². The van der Waals surface area contributed by atoms with Gasteiger partial charge in [-0.05, 0) is 18.9 Å². The maximum Gasteiger partial charge on any atom is 0 e. The zero-order valence-corrected chi connectivity index (χ0v) is 10.7. The normalized spacial score (nSPS) is 7.57. The van der Waals surface area contributed by atoms with Crippen LogP contribution in [0.4, 0.5) is 0 Å². The van der Waals surface area contributed by atoms with E-state index in [0.717, 1.165) is 12.0 Å². The van der Waals surface area contributed by atoms with Crippen molar-refractivity contribution in [3.63, 3.8) is 0 Å². The minimum Gasteiger partial charge on any atom is -0.0988 e. The zero-order valence-electron chi connectivity index (χ0n) is 8.94. The van der Waals surface area contributed by atoms with Gasteiger partial charge in [0.05, 0.1) is 0 Å². The molecule has 0 aromatic heterocycles. The van der Waals surface area contributed by atoms with Gasteiger partial charge in [-0.25, -0.2) is 0 Å². The van der Waals surface area contributed by atoms with Crippen LogP contribution in [-0.4, -0.2) is 0 Å². The van der Waals surface area contributed by atoms with E-state index in [2.05, 4.69) is 44.3 Å². The second-order valence-electron chi connectivity index (χ2n) is 2.89. The molecule has 0 saturated carbocycles. The van der Waals surface area contributed by atoms with Crippen molar-refractivity contribution in [3.05, 3.63) is 60.7 Å². The van der Waals surface area contributed by atoms with E-state index in [9.17, 15) is 0 Å². The molecule has 0 aliphatic carbocycles. The molecule has 0 aliphatic rings. The summed E-state index contributed by atoms with van der Waals surface area (Å²) in [4.78, 5) is 0. The molecule has 0 amide bonds. The van der Waals surface area contributed by atoms with Gasteiger partial charge < -0.3 is 0 Å². The number of benzene rings is 1. The van der Waals surface area contributed by atoms with Gasteiger partial charge in [0.1, 0.15) is 0 Å². The second-order valence-corrected chi connectivity index (χ2v) is 2.89. The Bertz CT molecular complexity index is 249. The minimum absolute atomic E-state index is 0. The van der Waals surface area contributed by atoms with Gasteiger partial charge in [-0.1, -0.05) is 62.1 Å². The number of hydrogen-bond donors (Lipinski definition) is 0. The van der Waals surface area contributed by atoms with Gasteiger partial charge in [-0.15, -0.1) is 0 Å². The van der Waals surface area contributed by atoms with Gasteiger partial charge in [0.2, 0.25) is 0 Å². The first-order chi connectivity index (χ1) is 6.20. The second kappa shape index (κ2) is 10.4. The molecule has 0 aliphatic heterocycles. The van der Waals surface area contributed by atoms with Crippen molar-refractivity contribution >= 4 is 0 Å². The fourth-order valence-corrected chi connectivity index (χ4v) is 0.714. The number of rotatable bonds is 2. The fourth-order valence-electron chi connectivity index (χ4n) is 0.714. The van der Waals surface area contributed by atoms with Crippen LogP contribution in [0.5, 0.6) is 0 Å². The molecule has 78 valence electrons. The molecule has 0 saturated heterocycles. The summed E-state index contributed by atoms with van der Waals surface area (Å²) in [6.07, 6.45) is 2.86. The molecule has 1 aromatic carbocycles. The quantitative estimate of drug-likeness (QED) is 0.565. The van der Waals surface area contributed by atoms with Crippen LogP contribution < -0.4 is 0 Å². The molecule has 14 heavy (non-hydrogen) atoms. The summed E-state index contributed by atoms with van der Waals surface area (Å²) < 4.78 is 0. The third-order valence-electron chi connectivity index (χ3n) is 1.60. The van der Waals surface area contributed by atoms with E-state index in [-0.39, 0.29) is 19.5 Å². The molecule has 0 nitrogen and oxygen atoms in total. The Morgan fingerprint density at radius 1 is 1.29 bits per heavy atom. The zero-order chi connectivity index (χ0) is 10.1. The molecule has 1 aromatic rings. The maximum atomic E-state index is 3.56. The van der Waals surface area contributed by atoms with Crippen LogP contribution in [0.2, 0.25) is 0 Å². The first-order valence-electron chi connectivity index (χ1n) is 4.52. The first-order valence-corrected chi connectivity index (χ1v) is 4.52.